The molecule has 3 rings (SSSR count). The zero-order valence-corrected chi connectivity index (χ0v) is 16.6. The average Bonchev–Trinajstić information content (AvgIpc) is 3.21. The van der Waals surface area contributed by atoms with Crippen molar-refractivity contribution in [3.63, 3.8) is 0 Å². The minimum Gasteiger partial charge on any atom is -0.497 e. The van der Waals surface area contributed by atoms with Crippen molar-refractivity contribution < 1.29 is 19.0 Å². The summed E-state index contributed by atoms with van der Waals surface area (Å²) < 4.78 is 16.3. The Morgan fingerprint density at radius 1 is 1.26 bits per heavy atom. The second kappa shape index (κ2) is 9.28. The highest BCUT2D eigenvalue weighted by Gasteiger charge is 2.32. The van der Waals surface area contributed by atoms with Crippen LogP contribution in [-0.4, -0.2) is 75.5 Å². The fraction of sp³-hybridized carbons (Fsp3) is 0.650. The van der Waals surface area contributed by atoms with Gasteiger partial charge in [0.05, 0.1) is 33.5 Å². The molecule has 2 amide bonds. The van der Waals surface area contributed by atoms with Gasteiger partial charge in [-0.25, -0.2) is 4.79 Å². The van der Waals surface area contributed by atoms with Crippen molar-refractivity contribution in [3.05, 3.63) is 23.8 Å². The van der Waals surface area contributed by atoms with E-state index >= 15 is 0 Å². The van der Waals surface area contributed by atoms with Gasteiger partial charge in [-0.05, 0) is 38.0 Å². The van der Waals surface area contributed by atoms with E-state index in [2.05, 4.69) is 17.1 Å². The lowest BCUT2D eigenvalue weighted by Gasteiger charge is -2.33. The maximum atomic E-state index is 12.9. The van der Waals surface area contributed by atoms with Gasteiger partial charge in [-0.3, -0.25) is 4.90 Å². The van der Waals surface area contributed by atoms with Crippen LogP contribution < -0.4 is 14.8 Å². The molecule has 2 fully saturated rings. The molecule has 7 heteroatoms. The van der Waals surface area contributed by atoms with Crippen LogP contribution in [0, 0.1) is 0 Å². The first-order valence-corrected chi connectivity index (χ1v) is 9.72. The van der Waals surface area contributed by atoms with Crippen LogP contribution in [0.1, 0.15) is 31.4 Å². The van der Waals surface area contributed by atoms with Crippen LogP contribution in [0.3, 0.4) is 0 Å². The molecule has 2 heterocycles. The summed E-state index contributed by atoms with van der Waals surface area (Å²) in [4.78, 5) is 17.1. The minimum absolute atomic E-state index is 0.00810. The highest BCUT2D eigenvalue weighted by atomic mass is 16.5. The van der Waals surface area contributed by atoms with Gasteiger partial charge in [0.25, 0.3) is 0 Å². The summed E-state index contributed by atoms with van der Waals surface area (Å²) in [7, 11) is 3.31. The smallest absolute Gasteiger partial charge is 0.317 e. The van der Waals surface area contributed by atoms with Gasteiger partial charge in [-0.15, -0.1) is 0 Å². The van der Waals surface area contributed by atoms with Crippen LogP contribution in [0.25, 0.3) is 0 Å². The Balaban J connectivity index is 1.64. The summed E-state index contributed by atoms with van der Waals surface area (Å²) in [5.74, 6) is 1.57. The zero-order chi connectivity index (χ0) is 19.2. The van der Waals surface area contributed by atoms with Crippen molar-refractivity contribution in [2.24, 2.45) is 0 Å². The lowest BCUT2D eigenvalue weighted by Crippen LogP contribution is -2.49. The summed E-state index contributed by atoms with van der Waals surface area (Å²) in [6.07, 6.45) is 1.91. The second-order valence-corrected chi connectivity index (χ2v) is 7.14. The van der Waals surface area contributed by atoms with Crippen molar-refractivity contribution in [2.45, 2.75) is 31.8 Å². The number of methoxy groups -OCH3 is 2. The molecule has 2 aliphatic heterocycles. The maximum Gasteiger partial charge on any atom is 0.317 e. The van der Waals surface area contributed by atoms with Crippen LogP contribution in [0.5, 0.6) is 11.5 Å². The number of hydrogen-bond acceptors (Lipinski definition) is 5. The SMILES string of the molecule is COc1ccc(OC)c([C@H]2CCCN2C(=O)NC[C@@H](C)N2CCOCC2)c1. The second-order valence-electron chi connectivity index (χ2n) is 7.14. The first kappa shape index (κ1) is 19.8. The number of carbonyl (C=O) groups is 1. The van der Waals surface area contributed by atoms with Gasteiger partial charge in [-0.1, -0.05) is 0 Å². The topological polar surface area (TPSA) is 63.3 Å². The molecule has 0 radical (unpaired) electrons. The number of urea groups is 1. The summed E-state index contributed by atoms with van der Waals surface area (Å²) in [6.45, 7) is 6.91. The van der Waals surface area contributed by atoms with Gasteiger partial charge >= 0.3 is 6.03 Å². The first-order chi connectivity index (χ1) is 13.1. The Morgan fingerprint density at radius 3 is 2.74 bits per heavy atom. The Labute approximate surface area is 161 Å². The Bertz CT molecular complexity index is 634. The van der Waals surface area contributed by atoms with Gasteiger partial charge in [0, 0.05) is 37.8 Å². The summed E-state index contributed by atoms with van der Waals surface area (Å²) in [5, 5.41) is 3.12. The Kier molecular flexibility index (Phi) is 6.79. The van der Waals surface area contributed by atoms with Crippen LogP contribution in [0.2, 0.25) is 0 Å². The van der Waals surface area contributed by atoms with Gasteiger partial charge in [0.15, 0.2) is 0 Å². The van der Waals surface area contributed by atoms with Crippen molar-refractivity contribution in [1.29, 1.82) is 0 Å². The van der Waals surface area contributed by atoms with E-state index in [9.17, 15) is 4.79 Å². The molecule has 2 atom stereocenters. The molecule has 2 aliphatic rings. The molecule has 0 aromatic heterocycles. The molecule has 27 heavy (non-hydrogen) atoms. The van der Waals surface area contributed by atoms with Crippen LogP contribution in [0.4, 0.5) is 4.79 Å². The van der Waals surface area contributed by atoms with Gasteiger partial charge in [0.2, 0.25) is 0 Å². The predicted octanol–water partition coefficient (Wildman–Crippen LogP) is 2.27. The molecule has 150 valence electrons. The lowest BCUT2D eigenvalue weighted by molar-refractivity contribution is 0.0206. The monoisotopic (exact) mass is 377 g/mol. The molecule has 1 N–H and O–H groups in total. The van der Waals surface area contributed by atoms with E-state index in [4.69, 9.17) is 14.2 Å². The maximum absolute atomic E-state index is 12.9. The predicted molar refractivity (Wildman–Crippen MR) is 103 cm³/mol. The number of morpholine rings is 1. The summed E-state index contributed by atoms with van der Waals surface area (Å²) in [5.41, 5.74) is 1.01. The summed E-state index contributed by atoms with van der Waals surface area (Å²) in [6, 6.07) is 6.06. The van der Waals surface area contributed by atoms with E-state index in [1.165, 1.54) is 0 Å². The minimum atomic E-state index is -0.0116. The van der Waals surface area contributed by atoms with E-state index < -0.39 is 0 Å². The number of nitrogens with zero attached hydrogens (tertiary/aromatic N) is 2. The lowest BCUT2D eigenvalue weighted by atomic mass is 10.0. The molecule has 7 nitrogen and oxygen atoms in total. The molecular formula is C20H31N3O4. The van der Waals surface area contributed by atoms with E-state index in [1.807, 2.05) is 23.1 Å². The molecule has 1 aromatic carbocycles. The highest BCUT2D eigenvalue weighted by molar-refractivity contribution is 5.75. The quantitative estimate of drug-likeness (QED) is 0.824. The van der Waals surface area contributed by atoms with Gasteiger partial charge in [0.1, 0.15) is 11.5 Å². The number of likely N-dealkylation sites (tertiary alicyclic amines) is 1. The van der Waals surface area contributed by atoms with Crippen molar-refractivity contribution in [3.8, 4) is 11.5 Å². The number of amides is 2. The largest absolute Gasteiger partial charge is 0.497 e. The third kappa shape index (κ3) is 4.65. The van der Waals surface area contributed by atoms with Crippen molar-refractivity contribution in [1.82, 2.24) is 15.1 Å². The molecule has 2 saturated heterocycles. The molecule has 0 spiro atoms. The number of carbonyl (C=O) groups excluding carboxylic acids is 1. The van der Waals surface area contributed by atoms with E-state index in [0.717, 1.165) is 62.8 Å². The molecule has 0 bridgehead atoms. The number of rotatable bonds is 6. The average molecular weight is 377 g/mol. The van der Waals surface area contributed by atoms with E-state index in [0.29, 0.717) is 12.6 Å². The Morgan fingerprint density at radius 2 is 2.04 bits per heavy atom. The van der Waals surface area contributed by atoms with Gasteiger partial charge in [-0.2, -0.15) is 0 Å². The van der Waals surface area contributed by atoms with Crippen molar-refractivity contribution in [2.75, 3.05) is 53.6 Å². The van der Waals surface area contributed by atoms with Crippen LogP contribution in [-0.2, 0) is 4.74 Å². The Hall–Kier alpha value is -1.99. The van der Waals surface area contributed by atoms with Crippen LogP contribution in [0.15, 0.2) is 18.2 Å². The van der Waals surface area contributed by atoms with Crippen molar-refractivity contribution >= 4 is 6.03 Å². The number of benzene rings is 1. The number of ether oxygens (including phenoxy) is 3. The fourth-order valence-corrected chi connectivity index (χ4v) is 3.92. The van der Waals surface area contributed by atoms with E-state index in [-0.39, 0.29) is 12.1 Å². The molecular weight excluding hydrogens is 346 g/mol. The zero-order valence-electron chi connectivity index (χ0n) is 16.6. The molecule has 0 unspecified atom stereocenters. The molecule has 0 saturated carbocycles. The highest BCUT2D eigenvalue weighted by Crippen LogP contribution is 2.38. The number of hydrogen-bond donors (Lipinski definition) is 1. The van der Waals surface area contributed by atoms with Gasteiger partial charge < -0.3 is 24.4 Å². The molecule has 0 aliphatic carbocycles. The standard InChI is InChI=1S/C20H31N3O4/c1-15(22-9-11-27-12-10-22)14-21-20(24)23-8-4-5-18(23)17-13-16(25-2)6-7-19(17)26-3/h6-7,13,15,18H,4-5,8-12,14H2,1-3H3,(H,21,24)/t15-,18-/m1/s1. The fourth-order valence-electron chi connectivity index (χ4n) is 3.92. The number of nitrogens with one attached hydrogen (secondary N) is 1. The molecule has 1 aromatic rings. The normalized spacial score (nSPS) is 21.7. The summed E-state index contributed by atoms with van der Waals surface area (Å²) >= 11 is 0. The third-order valence-corrected chi connectivity index (χ3v) is 5.53. The van der Waals surface area contributed by atoms with Crippen LogP contribution >= 0.6 is 0 Å². The van der Waals surface area contributed by atoms with E-state index in [1.54, 1.807) is 14.2 Å². The first-order valence-electron chi connectivity index (χ1n) is 9.72. The third-order valence-electron chi connectivity index (χ3n) is 5.53.